The fraction of sp³-hybridized carbons (Fsp3) is 0.303. The summed E-state index contributed by atoms with van der Waals surface area (Å²) < 4.78 is 10.1. The SMILES string of the molecule is CCCCc1nc2c(Cc3ccc(-c4ccccc4N(CC(=O)OCC)C(=O)NC(=O)CCl)cc3)ccc(C(=O)OC)c2[nH]1. The molecule has 0 bridgehead atoms. The number of unbranched alkanes of at least 4 members (excludes halogenated alkanes) is 1. The van der Waals surface area contributed by atoms with E-state index in [0.717, 1.165) is 47.3 Å². The van der Waals surface area contributed by atoms with Crippen molar-refractivity contribution in [3.8, 4) is 11.1 Å². The maximum Gasteiger partial charge on any atom is 0.340 e. The number of carbonyl (C=O) groups is 4. The van der Waals surface area contributed by atoms with Crippen LogP contribution in [-0.4, -0.2) is 60.0 Å². The molecule has 3 aromatic carbocycles. The van der Waals surface area contributed by atoms with Gasteiger partial charge in [-0.1, -0.05) is 61.9 Å². The predicted molar refractivity (Wildman–Crippen MR) is 169 cm³/mol. The number of hydrogen-bond acceptors (Lipinski definition) is 7. The van der Waals surface area contributed by atoms with Gasteiger partial charge in [0.05, 0.1) is 36.0 Å². The highest BCUT2D eigenvalue weighted by atomic mass is 35.5. The summed E-state index contributed by atoms with van der Waals surface area (Å²) in [6, 6.07) is 17.8. The van der Waals surface area contributed by atoms with Crippen LogP contribution in [0.2, 0.25) is 0 Å². The molecule has 3 amide bonds. The molecule has 0 atom stereocenters. The number of esters is 2. The van der Waals surface area contributed by atoms with Gasteiger partial charge in [0.25, 0.3) is 0 Å². The number of imidazole rings is 1. The summed E-state index contributed by atoms with van der Waals surface area (Å²) in [5, 5.41) is 2.20. The van der Waals surface area contributed by atoms with Crippen molar-refractivity contribution in [2.24, 2.45) is 0 Å². The minimum atomic E-state index is -0.787. The maximum atomic E-state index is 13.0. The van der Waals surface area contributed by atoms with Crippen LogP contribution in [0.25, 0.3) is 22.2 Å². The number of halogens is 1. The number of methoxy groups -OCH3 is 1. The van der Waals surface area contributed by atoms with Gasteiger partial charge in [0.15, 0.2) is 0 Å². The summed E-state index contributed by atoms with van der Waals surface area (Å²) in [6.07, 6.45) is 3.36. The lowest BCUT2D eigenvalue weighted by Crippen LogP contribution is -2.46. The van der Waals surface area contributed by atoms with Crippen LogP contribution in [-0.2, 0) is 31.9 Å². The first-order chi connectivity index (χ1) is 21.3. The number of aromatic amines is 1. The Bertz CT molecular complexity index is 1650. The van der Waals surface area contributed by atoms with Crippen molar-refractivity contribution in [3.63, 3.8) is 0 Å². The molecule has 10 nitrogen and oxygen atoms in total. The minimum absolute atomic E-state index is 0.147. The van der Waals surface area contributed by atoms with E-state index in [-0.39, 0.29) is 6.61 Å². The molecule has 11 heteroatoms. The van der Waals surface area contributed by atoms with Crippen LogP contribution >= 0.6 is 11.6 Å². The van der Waals surface area contributed by atoms with Crippen LogP contribution in [0.15, 0.2) is 60.7 Å². The first-order valence-corrected chi connectivity index (χ1v) is 14.9. The Kier molecular flexibility index (Phi) is 11.1. The van der Waals surface area contributed by atoms with Crippen molar-refractivity contribution >= 4 is 52.2 Å². The Morgan fingerprint density at radius 1 is 1.00 bits per heavy atom. The summed E-state index contributed by atoms with van der Waals surface area (Å²) in [4.78, 5) is 59.0. The number of alkyl halides is 1. The minimum Gasteiger partial charge on any atom is -0.465 e. The number of aryl methyl sites for hydroxylation is 1. The van der Waals surface area contributed by atoms with E-state index in [4.69, 9.17) is 26.1 Å². The molecule has 1 heterocycles. The highest BCUT2D eigenvalue weighted by Gasteiger charge is 2.24. The number of H-pyrrole nitrogens is 1. The number of nitrogens with zero attached hydrogens (tertiary/aromatic N) is 2. The average Bonchev–Trinajstić information content (AvgIpc) is 3.47. The molecule has 0 saturated carbocycles. The maximum absolute atomic E-state index is 13.0. The summed E-state index contributed by atoms with van der Waals surface area (Å²) in [5.74, 6) is -1.30. The lowest BCUT2D eigenvalue weighted by molar-refractivity contribution is -0.141. The summed E-state index contributed by atoms with van der Waals surface area (Å²) >= 11 is 5.58. The lowest BCUT2D eigenvalue weighted by Gasteiger charge is -2.24. The normalized spacial score (nSPS) is 10.8. The van der Waals surface area contributed by atoms with Gasteiger partial charge in [0.1, 0.15) is 18.2 Å². The van der Waals surface area contributed by atoms with Gasteiger partial charge in [0.2, 0.25) is 5.91 Å². The highest BCUT2D eigenvalue weighted by molar-refractivity contribution is 6.28. The Morgan fingerprint density at radius 2 is 1.75 bits per heavy atom. The van der Waals surface area contributed by atoms with E-state index in [0.29, 0.717) is 28.8 Å². The van der Waals surface area contributed by atoms with Crippen LogP contribution < -0.4 is 10.2 Å². The molecule has 0 fully saturated rings. The Hall–Kier alpha value is -4.70. The predicted octanol–water partition coefficient (Wildman–Crippen LogP) is 5.79. The van der Waals surface area contributed by atoms with Gasteiger partial charge in [0, 0.05) is 12.0 Å². The van der Waals surface area contributed by atoms with Crippen LogP contribution in [0.1, 0.15) is 54.0 Å². The molecule has 4 rings (SSSR count). The average molecular weight is 619 g/mol. The van der Waals surface area contributed by atoms with Gasteiger partial charge in [-0.3, -0.25) is 19.8 Å². The van der Waals surface area contributed by atoms with Gasteiger partial charge in [-0.05, 0) is 48.6 Å². The second-order valence-corrected chi connectivity index (χ2v) is 10.3. The van der Waals surface area contributed by atoms with Gasteiger partial charge in [-0.15, -0.1) is 11.6 Å². The number of rotatable bonds is 12. The van der Waals surface area contributed by atoms with Crippen molar-refractivity contribution in [1.82, 2.24) is 15.3 Å². The van der Waals surface area contributed by atoms with Crippen LogP contribution in [0, 0.1) is 0 Å². The second-order valence-electron chi connectivity index (χ2n) is 10.0. The zero-order valence-corrected chi connectivity index (χ0v) is 25.7. The van der Waals surface area contributed by atoms with Crippen molar-refractivity contribution in [2.75, 3.05) is 31.0 Å². The summed E-state index contributed by atoms with van der Waals surface area (Å²) in [6.45, 7) is 3.54. The fourth-order valence-corrected chi connectivity index (χ4v) is 4.95. The zero-order chi connectivity index (χ0) is 31.6. The number of para-hydroxylation sites is 1. The number of hydrogen-bond donors (Lipinski definition) is 2. The number of nitrogens with one attached hydrogen (secondary N) is 2. The smallest absolute Gasteiger partial charge is 0.340 e. The Morgan fingerprint density at radius 3 is 2.43 bits per heavy atom. The molecule has 230 valence electrons. The molecule has 2 N–H and O–H groups in total. The van der Waals surface area contributed by atoms with Crippen molar-refractivity contribution < 1.29 is 28.7 Å². The second kappa shape index (κ2) is 15.2. The van der Waals surface area contributed by atoms with E-state index in [1.165, 1.54) is 12.0 Å². The van der Waals surface area contributed by atoms with E-state index in [9.17, 15) is 19.2 Å². The Labute approximate surface area is 260 Å². The number of fused-ring (bicyclic) bond motifs is 1. The van der Waals surface area contributed by atoms with Gasteiger partial charge in [-0.25, -0.2) is 14.6 Å². The zero-order valence-electron chi connectivity index (χ0n) is 24.9. The molecule has 0 unspecified atom stereocenters. The molecule has 0 spiro atoms. The number of carbonyl (C=O) groups excluding carboxylic acids is 4. The third kappa shape index (κ3) is 7.62. The summed E-state index contributed by atoms with van der Waals surface area (Å²) in [7, 11) is 1.36. The van der Waals surface area contributed by atoms with Crippen LogP contribution in [0.4, 0.5) is 10.5 Å². The number of urea groups is 1. The largest absolute Gasteiger partial charge is 0.465 e. The number of ether oxygens (including phenoxy) is 2. The highest BCUT2D eigenvalue weighted by Crippen LogP contribution is 2.32. The molecule has 1 aromatic heterocycles. The Balaban J connectivity index is 1.65. The lowest BCUT2D eigenvalue weighted by atomic mass is 9.97. The number of aromatic nitrogens is 2. The number of anilines is 1. The summed E-state index contributed by atoms with van der Waals surface area (Å²) in [5.41, 5.74) is 5.70. The van der Waals surface area contributed by atoms with Gasteiger partial charge < -0.3 is 14.5 Å². The molecule has 0 aliphatic carbocycles. The topological polar surface area (TPSA) is 131 Å². The van der Waals surface area contributed by atoms with E-state index >= 15 is 0 Å². The molecular weight excluding hydrogens is 584 g/mol. The molecule has 0 saturated heterocycles. The molecular formula is C33H35ClN4O6. The number of benzene rings is 3. The molecule has 0 radical (unpaired) electrons. The number of imide groups is 1. The van der Waals surface area contributed by atoms with E-state index in [1.54, 1.807) is 25.1 Å². The quantitative estimate of drug-likeness (QED) is 0.152. The molecule has 4 aromatic rings. The molecule has 0 aliphatic heterocycles. The van der Waals surface area contributed by atoms with Crippen LogP contribution in [0.3, 0.4) is 0 Å². The fourth-order valence-electron chi connectivity index (χ4n) is 4.88. The molecule has 0 aliphatic rings. The third-order valence-electron chi connectivity index (χ3n) is 7.01. The standard InChI is InChI=1S/C33H35ClN4O6/c1-4-6-11-27-35-30-23(16-17-25(31(30)36-27)32(41)43-3)18-21-12-14-22(15-13-21)24-9-7-8-10-26(24)38(20-29(40)44-5-2)33(42)37-28(39)19-34/h7-10,12-17H,4-6,11,18-20H2,1-3H3,(H,35,36)(H,37,39,42). The van der Waals surface area contributed by atoms with E-state index < -0.39 is 36.3 Å². The van der Waals surface area contributed by atoms with Crippen molar-refractivity contribution in [3.05, 3.63) is 83.2 Å². The van der Waals surface area contributed by atoms with Crippen molar-refractivity contribution in [2.45, 2.75) is 39.5 Å². The first kappa shape index (κ1) is 32.2. The van der Waals surface area contributed by atoms with Gasteiger partial charge in [-0.2, -0.15) is 0 Å². The van der Waals surface area contributed by atoms with E-state index in [2.05, 4.69) is 17.2 Å². The first-order valence-electron chi connectivity index (χ1n) is 14.4. The van der Waals surface area contributed by atoms with Crippen LogP contribution in [0.5, 0.6) is 0 Å². The number of amides is 3. The third-order valence-corrected chi connectivity index (χ3v) is 7.25. The monoisotopic (exact) mass is 618 g/mol. The van der Waals surface area contributed by atoms with Crippen molar-refractivity contribution in [1.29, 1.82) is 0 Å². The van der Waals surface area contributed by atoms with Gasteiger partial charge >= 0.3 is 18.0 Å². The van der Waals surface area contributed by atoms with E-state index in [1.807, 2.05) is 42.5 Å². The molecule has 44 heavy (non-hydrogen) atoms.